The summed E-state index contributed by atoms with van der Waals surface area (Å²) in [5, 5.41) is 6.02. The van der Waals surface area contributed by atoms with Crippen molar-refractivity contribution < 1.29 is 4.79 Å². The van der Waals surface area contributed by atoms with Gasteiger partial charge < -0.3 is 15.2 Å². The minimum atomic E-state index is -0.133. The highest BCUT2D eigenvalue weighted by Crippen LogP contribution is 2.35. The lowest BCUT2D eigenvalue weighted by molar-refractivity contribution is 0.0950. The maximum atomic E-state index is 12.6. The summed E-state index contributed by atoms with van der Waals surface area (Å²) in [6, 6.07) is 2.45. The molecule has 1 saturated heterocycles. The van der Waals surface area contributed by atoms with Crippen molar-refractivity contribution in [2.75, 3.05) is 11.4 Å². The van der Waals surface area contributed by atoms with E-state index in [0.29, 0.717) is 17.2 Å². The van der Waals surface area contributed by atoms with E-state index in [0.717, 1.165) is 23.4 Å². The zero-order valence-electron chi connectivity index (χ0n) is 15.2. The van der Waals surface area contributed by atoms with E-state index in [2.05, 4.69) is 22.1 Å². The Morgan fingerprint density at radius 1 is 1.40 bits per heavy atom. The van der Waals surface area contributed by atoms with Crippen molar-refractivity contribution >= 4 is 22.2 Å². The Morgan fingerprint density at radius 2 is 2.16 bits per heavy atom. The summed E-state index contributed by atoms with van der Waals surface area (Å²) in [6.45, 7) is 9.29. The highest BCUT2D eigenvalue weighted by molar-refractivity contribution is 7.14. The number of aryl methyl sites for hydroxylation is 2. The average molecular weight is 359 g/mol. The van der Waals surface area contributed by atoms with Crippen LogP contribution in [0.4, 0.5) is 5.00 Å². The fraction of sp³-hybridized carbons (Fsp3) is 0.474. The molecule has 1 aliphatic heterocycles. The number of aromatic amines is 1. The molecule has 134 valence electrons. The number of anilines is 1. The fourth-order valence-corrected chi connectivity index (χ4v) is 4.72. The van der Waals surface area contributed by atoms with Crippen molar-refractivity contribution in [3.8, 4) is 0 Å². The van der Waals surface area contributed by atoms with Gasteiger partial charge in [-0.3, -0.25) is 9.59 Å². The molecule has 1 fully saturated rings. The lowest BCUT2D eigenvalue weighted by atomic mass is 10.1. The number of H-pyrrole nitrogens is 1. The zero-order valence-corrected chi connectivity index (χ0v) is 16.0. The minimum Gasteiger partial charge on any atom is -0.361 e. The second-order valence-corrected chi connectivity index (χ2v) is 7.75. The molecule has 0 aliphatic carbocycles. The molecule has 6 heteroatoms. The van der Waals surface area contributed by atoms with Crippen LogP contribution in [0.3, 0.4) is 0 Å². The van der Waals surface area contributed by atoms with Gasteiger partial charge in [-0.05, 0) is 57.7 Å². The molecule has 2 N–H and O–H groups in total. The quantitative estimate of drug-likeness (QED) is 0.880. The lowest BCUT2D eigenvalue weighted by Crippen LogP contribution is -2.29. The Kier molecular flexibility index (Phi) is 4.99. The third-order valence-corrected chi connectivity index (χ3v) is 6.11. The Labute approximate surface area is 152 Å². The maximum Gasteiger partial charge on any atom is 0.253 e. The molecule has 1 unspecified atom stereocenters. The molecule has 1 atom stereocenters. The summed E-state index contributed by atoms with van der Waals surface area (Å²) in [6.07, 6.45) is 2.41. The van der Waals surface area contributed by atoms with Crippen molar-refractivity contribution in [3.63, 3.8) is 0 Å². The minimum absolute atomic E-state index is 0.119. The number of nitrogens with one attached hydrogen (secondary N) is 2. The van der Waals surface area contributed by atoms with Crippen LogP contribution >= 0.6 is 11.3 Å². The topological polar surface area (TPSA) is 65.2 Å². The van der Waals surface area contributed by atoms with Crippen molar-refractivity contribution in [1.82, 2.24) is 10.3 Å². The molecule has 3 heterocycles. The van der Waals surface area contributed by atoms with E-state index in [1.165, 1.54) is 17.8 Å². The summed E-state index contributed by atoms with van der Waals surface area (Å²) < 4.78 is 0. The van der Waals surface area contributed by atoms with E-state index in [1.807, 2.05) is 32.2 Å². The number of aromatic nitrogens is 1. The first-order chi connectivity index (χ1) is 11.9. The number of carbonyl (C=O) groups is 1. The summed E-state index contributed by atoms with van der Waals surface area (Å²) >= 11 is 1.63. The second kappa shape index (κ2) is 7.04. The molecule has 1 amide bonds. The molecule has 2 aromatic heterocycles. The number of thiophene rings is 1. The van der Waals surface area contributed by atoms with E-state index < -0.39 is 0 Å². The lowest BCUT2D eigenvalue weighted by Gasteiger charge is -2.23. The number of hydrogen-bond acceptors (Lipinski definition) is 4. The third-order valence-electron chi connectivity index (χ3n) is 4.99. The van der Waals surface area contributed by atoms with Crippen LogP contribution < -0.4 is 15.8 Å². The van der Waals surface area contributed by atoms with Crippen LogP contribution in [0.25, 0.3) is 0 Å². The van der Waals surface area contributed by atoms with E-state index in [-0.39, 0.29) is 18.0 Å². The molecule has 0 aromatic carbocycles. The average Bonchev–Trinajstić information content (AvgIpc) is 3.11. The van der Waals surface area contributed by atoms with Gasteiger partial charge in [-0.15, -0.1) is 11.3 Å². The molecule has 1 aliphatic rings. The molecule has 5 nitrogen and oxygen atoms in total. The van der Waals surface area contributed by atoms with Crippen molar-refractivity contribution in [2.45, 2.75) is 53.1 Å². The predicted molar refractivity (Wildman–Crippen MR) is 103 cm³/mol. The monoisotopic (exact) mass is 359 g/mol. The summed E-state index contributed by atoms with van der Waals surface area (Å²) in [7, 11) is 0. The van der Waals surface area contributed by atoms with Crippen LogP contribution in [0.2, 0.25) is 0 Å². The smallest absolute Gasteiger partial charge is 0.253 e. The van der Waals surface area contributed by atoms with Crippen LogP contribution in [0.5, 0.6) is 0 Å². The number of amides is 1. The molecule has 2 aromatic rings. The van der Waals surface area contributed by atoms with Crippen LogP contribution in [-0.4, -0.2) is 23.5 Å². The predicted octanol–water partition coefficient (Wildman–Crippen LogP) is 3.28. The summed E-state index contributed by atoms with van der Waals surface area (Å²) in [5.41, 5.74) is 3.95. The number of hydrogen-bond donors (Lipinski definition) is 2. The standard InChI is InChI=1S/C19H25N3O2S/c1-11-8-12(2)21-18(24)15(11)9-20-17(23)16-10-25-19(14(16)4)22-7-5-6-13(22)3/h8,10,13H,5-7,9H2,1-4H3,(H,20,23)(H,21,24). The Morgan fingerprint density at radius 3 is 2.80 bits per heavy atom. The van der Waals surface area contributed by atoms with E-state index in [1.54, 1.807) is 11.3 Å². The summed E-state index contributed by atoms with van der Waals surface area (Å²) in [4.78, 5) is 29.9. The highest BCUT2D eigenvalue weighted by atomic mass is 32.1. The normalized spacial score (nSPS) is 17.1. The maximum absolute atomic E-state index is 12.6. The van der Waals surface area contributed by atoms with Crippen molar-refractivity contribution in [1.29, 1.82) is 0 Å². The van der Waals surface area contributed by atoms with Crippen molar-refractivity contribution in [2.24, 2.45) is 0 Å². The van der Waals surface area contributed by atoms with Gasteiger partial charge in [0.25, 0.3) is 11.5 Å². The van der Waals surface area contributed by atoms with Gasteiger partial charge in [0.2, 0.25) is 0 Å². The largest absolute Gasteiger partial charge is 0.361 e. The van der Waals surface area contributed by atoms with E-state index >= 15 is 0 Å². The van der Waals surface area contributed by atoms with Gasteiger partial charge in [-0.2, -0.15) is 0 Å². The molecular formula is C19H25N3O2S. The Bertz CT molecular complexity index is 853. The van der Waals surface area contributed by atoms with Crippen LogP contribution in [-0.2, 0) is 6.54 Å². The van der Waals surface area contributed by atoms with E-state index in [9.17, 15) is 9.59 Å². The van der Waals surface area contributed by atoms with Gasteiger partial charge in [0.05, 0.1) is 10.6 Å². The first-order valence-electron chi connectivity index (χ1n) is 8.70. The fourth-order valence-electron chi connectivity index (χ4n) is 3.51. The van der Waals surface area contributed by atoms with Crippen LogP contribution in [0.15, 0.2) is 16.2 Å². The number of nitrogens with zero attached hydrogens (tertiary/aromatic N) is 1. The van der Waals surface area contributed by atoms with E-state index in [4.69, 9.17) is 0 Å². The molecule has 0 saturated carbocycles. The van der Waals surface area contributed by atoms with Gasteiger partial charge in [0.15, 0.2) is 0 Å². The molecule has 3 rings (SSSR count). The Balaban J connectivity index is 1.74. The van der Waals surface area contributed by atoms with Gasteiger partial charge in [0.1, 0.15) is 0 Å². The van der Waals surface area contributed by atoms with Gasteiger partial charge >= 0.3 is 0 Å². The Hall–Kier alpha value is -2.08. The highest BCUT2D eigenvalue weighted by Gasteiger charge is 2.25. The van der Waals surface area contributed by atoms with Crippen LogP contribution in [0.1, 0.15) is 52.5 Å². The molecule has 0 spiro atoms. The number of rotatable bonds is 4. The van der Waals surface area contributed by atoms with Crippen molar-refractivity contribution in [3.05, 3.63) is 49.7 Å². The molecular weight excluding hydrogens is 334 g/mol. The zero-order chi connectivity index (χ0) is 18.1. The number of carbonyl (C=O) groups excluding carboxylic acids is 1. The third kappa shape index (κ3) is 3.49. The van der Waals surface area contributed by atoms with Crippen LogP contribution in [0, 0.1) is 20.8 Å². The van der Waals surface area contributed by atoms with Gasteiger partial charge in [-0.25, -0.2) is 0 Å². The first kappa shape index (κ1) is 17.7. The van der Waals surface area contributed by atoms with Gasteiger partial charge in [0, 0.05) is 35.8 Å². The van der Waals surface area contributed by atoms with Gasteiger partial charge in [-0.1, -0.05) is 0 Å². The second-order valence-electron chi connectivity index (χ2n) is 6.89. The molecule has 0 radical (unpaired) electrons. The first-order valence-corrected chi connectivity index (χ1v) is 9.58. The summed E-state index contributed by atoms with van der Waals surface area (Å²) in [5.74, 6) is -0.119. The SMILES string of the molecule is Cc1cc(C)c(CNC(=O)c2csc(N3CCCC3C)c2C)c(=O)[nH]1. The molecule has 25 heavy (non-hydrogen) atoms. The number of pyridine rings is 1. The molecule has 0 bridgehead atoms.